The Kier molecular flexibility index (Phi) is 6.22. The maximum absolute atomic E-state index is 12.2. The summed E-state index contributed by atoms with van der Waals surface area (Å²) in [7, 11) is 0. The summed E-state index contributed by atoms with van der Waals surface area (Å²) in [6, 6.07) is 10.5. The molecule has 2 rings (SSSR count). The number of anilines is 2. The highest BCUT2D eigenvalue weighted by Crippen LogP contribution is 2.16. The van der Waals surface area contributed by atoms with Gasteiger partial charge in [-0.1, -0.05) is 37.4 Å². The third kappa shape index (κ3) is 5.04. The predicted molar refractivity (Wildman–Crippen MR) is 91.7 cm³/mol. The first-order chi connectivity index (χ1) is 10.7. The zero-order valence-electron chi connectivity index (χ0n) is 12.6. The number of rotatable bonds is 7. The van der Waals surface area contributed by atoms with E-state index in [9.17, 15) is 4.79 Å². The van der Waals surface area contributed by atoms with Gasteiger partial charge in [0.2, 0.25) is 0 Å². The molecule has 0 saturated heterocycles. The summed E-state index contributed by atoms with van der Waals surface area (Å²) in [6.07, 6.45) is 5.09. The van der Waals surface area contributed by atoms with Gasteiger partial charge in [-0.15, -0.1) is 0 Å². The summed E-state index contributed by atoms with van der Waals surface area (Å²) in [4.78, 5) is 16.5. The van der Waals surface area contributed by atoms with Crippen molar-refractivity contribution in [2.45, 2.75) is 26.2 Å². The van der Waals surface area contributed by atoms with E-state index in [2.05, 4.69) is 22.5 Å². The van der Waals surface area contributed by atoms with Crippen molar-refractivity contribution in [1.29, 1.82) is 0 Å². The van der Waals surface area contributed by atoms with Crippen LogP contribution in [-0.4, -0.2) is 17.4 Å². The molecule has 1 amide bonds. The van der Waals surface area contributed by atoms with Gasteiger partial charge in [-0.25, -0.2) is 4.98 Å². The average Bonchev–Trinajstić information content (AvgIpc) is 2.52. The summed E-state index contributed by atoms with van der Waals surface area (Å²) in [5.74, 6) is 0.538. The Morgan fingerprint density at radius 3 is 2.86 bits per heavy atom. The minimum atomic E-state index is -0.179. The molecule has 116 valence electrons. The van der Waals surface area contributed by atoms with Crippen molar-refractivity contribution in [1.82, 2.24) is 4.98 Å². The Labute approximate surface area is 135 Å². The van der Waals surface area contributed by atoms with E-state index < -0.39 is 0 Å². The van der Waals surface area contributed by atoms with Crippen molar-refractivity contribution >= 4 is 29.0 Å². The molecule has 2 aromatic rings. The highest BCUT2D eigenvalue weighted by atomic mass is 35.5. The molecule has 0 aliphatic carbocycles. The molecular formula is C17H20ClN3O. The second kappa shape index (κ2) is 8.39. The summed E-state index contributed by atoms with van der Waals surface area (Å²) < 4.78 is 0. The number of carbonyl (C=O) groups is 1. The van der Waals surface area contributed by atoms with Crippen LogP contribution in [0.15, 0.2) is 42.6 Å². The Bertz CT molecular complexity index is 631. The van der Waals surface area contributed by atoms with Crippen molar-refractivity contribution in [2.24, 2.45) is 0 Å². The molecule has 2 N–H and O–H groups in total. The van der Waals surface area contributed by atoms with Gasteiger partial charge in [-0.2, -0.15) is 0 Å². The van der Waals surface area contributed by atoms with Crippen LogP contribution in [0, 0.1) is 0 Å². The average molecular weight is 318 g/mol. The highest BCUT2D eigenvalue weighted by Gasteiger charge is 2.07. The number of nitrogens with zero attached hydrogens (tertiary/aromatic N) is 1. The van der Waals surface area contributed by atoms with Crippen LogP contribution in [0.1, 0.15) is 36.5 Å². The van der Waals surface area contributed by atoms with Crippen LogP contribution < -0.4 is 10.6 Å². The quantitative estimate of drug-likeness (QED) is 0.734. The minimum absolute atomic E-state index is 0.179. The van der Waals surface area contributed by atoms with Crippen molar-refractivity contribution in [2.75, 3.05) is 17.2 Å². The van der Waals surface area contributed by atoms with Gasteiger partial charge in [0, 0.05) is 29.0 Å². The summed E-state index contributed by atoms with van der Waals surface area (Å²) >= 11 is 5.91. The first-order valence-corrected chi connectivity index (χ1v) is 7.83. The minimum Gasteiger partial charge on any atom is -0.370 e. The van der Waals surface area contributed by atoms with E-state index >= 15 is 0 Å². The molecule has 0 saturated carbocycles. The standard InChI is InChI=1S/C17H20ClN3O/c1-2-3-4-9-19-16-11-13(8-10-20-16)17(22)21-15-7-5-6-14(18)12-15/h5-8,10-12H,2-4,9H2,1H3,(H,19,20)(H,21,22). The number of halogens is 1. The maximum Gasteiger partial charge on any atom is 0.255 e. The zero-order valence-corrected chi connectivity index (χ0v) is 13.4. The Morgan fingerprint density at radius 2 is 2.09 bits per heavy atom. The van der Waals surface area contributed by atoms with Crippen LogP contribution in [0.2, 0.25) is 5.02 Å². The normalized spacial score (nSPS) is 10.3. The molecule has 0 aliphatic heterocycles. The molecule has 0 fully saturated rings. The SMILES string of the molecule is CCCCCNc1cc(C(=O)Nc2cccc(Cl)c2)ccn1. The van der Waals surface area contributed by atoms with Crippen LogP contribution in [-0.2, 0) is 0 Å². The van der Waals surface area contributed by atoms with Gasteiger partial charge in [-0.05, 0) is 36.8 Å². The molecule has 4 nitrogen and oxygen atoms in total. The van der Waals surface area contributed by atoms with Gasteiger partial charge >= 0.3 is 0 Å². The van der Waals surface area contributed by atoms with E-state index in [4.69, 9.17) is 11.6 Å². The van der Waals surface area contributed by atoms with Crippen molar-refractivity contribution in [3.63, 3.8) is 0 Å². The van der Waals surface area contributed by atoms with Gasteiger partial charge in [0.25, 0.3) is 5.91 Å². The molecule has 0 aliphatic rings. The topological polar surface area (TPSA) is 54.0 Å². The lowest BCUT2D eigenvalue weighted by Crippen LogP contribution is -2.13. The van der Waals surface area contributed by atoms with Crippen LogP contribution in [0.25, 0.3) is 0 Å². The Morgan fingerprint density at radius 1 is 1.23 bits per heavy atom. The van der Waals surface area contributed by atoms with Crippen LogP contribution in [0.3, 0.4) is 0 Å². The summed E-state index contributed by atoms with van der Waals surface area (Å²) in [6.45, 7) is 3.03. The second-order valence-corrected chi connectivity index (χ2v) is 5.46. The number of amides is 1. The second-order valence-electron chi connectivity index (χ2n) is 5.03. The van der Waals surface area contributed by atoms with Gasteiger partial charge < -0.3 is 10.6 Å². The number of hydrogen-bond donors (Lipinski definition) is 2. The lowest BCUT2D eigenvalue weighted by atomic mass is 10.2. The van der Waals surface area contributed by atoms with Crippen LogP contribution >= 0.6 is 11.6 Å². The molecular weight excluding hydrogens is 298 g/mol. The molecule has 1 heterocycles. The smallest absolute Gasteiger partial charge is 0.255 e. The molecule has 5 heteroatoms. The van der Waals surface area contributed by atoms with E-state index in [-0.39, 0.29) is 5.91 Å². The van der Waals surface area contributed by atoms with Crippen molar-refractivity contribution < 1.29 is 4.79 Å². The van der Waals surface area contributed by atoms with Gasteiger partial charge in [-0.3, -0.25) is 4.79 Å². The van der Waals surface area contributed by atoms with E-state index in [0.717, 1.165) is 18.8 Å². The third-order valence-electron chi connectivity index (χ3n) is 3.19. The zero-order chi connectivity index (χ0) is 15.8. The Balaban J connectivity index is 1.97. The number of hydrogen-bond acceptors (Lipinski definition) is 3. The number of carbonyl (C=O) groups excluding carboxylic acids is 1. The highest BCUT2D eigenvalue weighted by molar-refractivity contribution is 6.30. The molecule has 0 spiro atoms. The molecule has 0 atom stereocenters. The Hall–Kier alpha value is -2.07. The first-order valence-electron chi connectivity index (χ1n) is 7.46. The largest absolute Gasteiger partial charge is 0.370 e. The lowest BCUT2D eigenvalue weighted by Gasteiger charge is -2.08. The molecule has 0 unspecified atom stereocenters. The molecule has 1 aromatic heterocycles. The predicted octanol–water partition coefficient (Wildman–Crippen LogP) is 4.59. The number of benzene rings is 1. The fourth-order valence-corrected chi connectivity index (χ4v) is 2.22. The van der Waals surface area contributed by atoms with Crippen LogP contribution in [0.5, 0.6) is 0 Å². The first kappa shape index (κ1) is 16.3. The van der Waals surface area contributed by atoms with Gasteiger partial charge in [0.15, 0.2) is 0 Å². The molecule has 0 radical (unpaired) electrons. The summed E-state index contributed by atoms with van der Waals surface area (Å²) in [5, 5.41) is 6.65. The number of nitrogens with one attached hydrogen (secondary N) is 2. The number of aromatic nitrogens is 1. The molecule has 0 bridgehead atoms. The summed E-state index contributed by atoms with van der Waals surface area (Å²) in [5.41, 5.74) is 1.24. The third-order valence-corrected chi connectivity index (χ3v) is 3.43. The van der Waals surface area contributed by atoms with Crippen LogP contribution in [0.4, 0.5) is 11.5 Å². The van der Waals surface area contributed by atoms with E-state index in [1.165, 1.54) is 12.8 Å². The lowest BCUT2D eigenvalue weighted by molar-refractivity contribution is 0.102. The molecule has 1 aromatic carbocycles. The van der Waals surface area contributed by atoms with Gasteiger partial charge in [0.05, 0.1) is 0 Å². The van der Waals surface area contributed by atoms with Crippen molar-refractivity contribution in [3.05, 3.63) is 53.2 Å². The number of pyridine rings is 1. The van der Waals surface area contributed by atoms with E-state index in [1.807, 2.05) is 0 Å². The fraction of sp³-hybridized carbons (Fsp3) is 0.294. The van der Waals surface area contributed by atoms with Gasteiger partial charge in [0.1, 0.15) is 5.82 Å². The number of unbranched alkanes of at least 4 members (excludes halogenated alkanes) is 2. The van der Waals surface area contributed by atoms with E-state index in [1.54, 1.807) is 42.6 Å². The van der Waals surface area contributed by atoms with Crippen molar-refractivity contribution in [3.8, 4) is 0 Å². The molecule has 22 heavy (non-hydrogen) atoms. The maximum atomic E-state index is 12.2. The monoisotopic (exact) mass is 317 g/mol. The fourth-order valence-electron chi connectivity index (χ4n) is 2.03. The van der Waals surface area contributed by atoms with E-state index in [0.29, 0.717) is 16.3 Å².